The number of methoxy groups -OCH3 is 1. The van der Waals surface area contributed by atoms with Crippen LogP contribution in [0.25, 0.3) is 0 Å². The third kappa shape index (κ3) is 6.46. The predicted molar refractivity (Wildman–Crippen MR) is 105 cm³/mol. The molecule has 3 amide bonds. The molecule has 7 nitrogen and oxygen atoms in total. The number of benzene rings is 2. The van der Waals surface area contributed by atoms with Crippen LogP contribution < -0.4 is 16.4 Å². The Morgan fingerprint density at radius 1 is 1.00 bits per heavy atom. The molecular formula is C20H21ClFN3O4. The van der Waals surface area contributed by atoms with Crippen LogP contribution in [0, 0.1) is 5.82 Å². The molecule has 0 radical (unpaired) electrons. The zero-order chi connectivity index (χ0) is 21.4. The summed E-state index contributed by atoms with van der Waals surface area (Å²) >= 11 is 6.19. The minimum Gasteiger partial charge on any atom is -0.469 e. The highest BCUT2D eigenvalue weighted by molar-refractivity contribution is 6.31. The average Bonchev–Trinajstić information content (AvgIpc) is 2.67. The summed E-state index contributed by atoms with van der Waals surface area (Å²) in [6, 6.07) is 9.81. The lowest BCUT2D eigenvalue weighted by molar-refractivity contribution is -0.141. The standard InChI is InChI=1S/C20H21ClFN3O4/c1-29-19(27)11-17(12-6-2-4-8-14(12)21)24-18(26)10-16(25-20(23)28)13-7-3-5-9-15(13)22/h2-9,16-17H,10-11H2,1H3,(H,24,26)(H3,23,25,28)/t16-,17+/m1/s1. The van der Waals surface area contributed by atoms with Gasteiger partial charge in [-0.1, -0.05) is 48.0 Å². The number of esters is 1. The van der Waals surface area contributed by atoms with E-state index in [9.17, 15) is 18.8 Å². The van der Waals surface area contributed by atoms with Crippen LogP contribution in [0.3, 0.4) is 0 Å². The first-order chi connectivity index (χ1) is 13.8. The van der Waals surface area contributed by atoms with Crippen molar-refractivity contribution in [3.05, 3.63) is 70.5 Å². The van der Waals surface area contributed by atoms with Crippen molar-refractivity contribution in [1.82, 2.24) is 10.6 Å². The lowest BCUT2D eigenvalue weighted by atomic mass is 10.0. The van der Waals surface area contributed by atoms with Gasteiger partial charge in [0.05, 0.1) is 32.0 Å². The van der Waals surface area contributed by atoms with Gasteiger partial charge in [-0.15, -0.1) is 0 Å². The average molecular weight is 422 g/mol. The van der Waals surface area contributed by atoms with Crippen molar-refractivity contribution in [3.8, 4) is 0 Å². The van der Waals surface area contributed by atoms with Crippen molar-refractivity contribution in [2.75, 3.05) is 7.11 Å². The van der Waals surface area contributed by atoms with E-state index in [-0.39, 0.29) is 18.4 Å². The smallest absolute Gasteiger partial charge is 0.312 e. The van der Waals surface area contributed by atoms with Gasteiger partial charge in [0.1, 0.15) is 5.82 Å². The molecule has 0 heterocycles. The summed E-state index contributed by atoms with van der Waals surface area (Å²) in [5, 5.41) is 5.42. The fourth-order valence-electron chi connectivity index (χ4n) is 2.85. The van der Waals surface area contributed by atoms with E-state index >= 15 is 0 Å². The topological polar surface area (TPSA) is 111 Å². The molecule has 0 aliphatic rings. The molecule has 0 aromatic heterocycles. The minimum absolute atomic E-state index is 0.115. The Hall–Kier alpha value is -3.13. The number of hydrogen-bond acceptors (Lipinski definition) is 4. The molecule has 2 aromatic rings. The molecular weight excluding hydrogens is 401 g/mol. The van der Waals surface area contributed by atoms with Gasteiger partial charge in [-0.3, -0.25) is 9.59 Å². The number of rotatable bonds is 8. The summed E-state index contributed by atoms with van der Waals surface area (Å²) < 4.78 is 18.8. The van der Waals surface area contributed by atoms with E-state index in [1.807, 2.05) is 0 Å². The molecule has 0 saturated heterocycles. The highest BCUT2D eigenvalue weighted by atomic mass is 35.5. The fraction of sp³-hybridized carbons (Fsp3) is 0.250. The van der Waals surface area contributed by atoms with Gasteiger partial charge in [0.15, 0.2) is 0 Å². The van der Waals surface area contributed by atoms with Crippen molar-refractivity contribution < 1.29 is 23.5 Å². The molecule has 0 saturated carbocycles. The maximum atomic E-state index is 14.1. The molecule has 0 bridgehead atoms. The van der Waals surface area contributed by atoms with E-state index in [0.29, 0.717) is 10.6 Å². The number of carbonyl (C=O) groups is 3. The zero-order valence-electron chi connectivity index (χ0n) is 15.7. The van der Waals surface area contributed by atoms with Crippen LogP contribution in [0.15, 0.2) is 48.5 Å². The molecule has 2 aromatic carbocycles. The first-order valence-corrected chi connectivity index (χ1v) is 9.10. The normalized spacial score (nSPS) is 12.5. The van der Waals surface area contributed by atoms with Gasteiger partial charge in [0.2, 0.25) is 5.91 Å². The van der Waals surface area contributed by atoms with E-state index in [2.05, 4.69) is 15.4 Å². The highest BCUT2D eigenvalue weighted by Gasteiger charge is 2.25. The Labute approximate surface area is 172 Å². The van der Waals surface area contributed by atoms with Crippen molar-refractivity contribution in [2.45, 2.75) is 24.9 Å². The van der Waals surface area contributed by atoms with E-state index in [4.69, 9.17) is 17.3 Å². The van der Waals surface area contributed by atoms with Crippen LogP contribution in [0.4, 0.5) is 9.18 Å². The fourth-order valence-corrected chi connectivity index (χ4v) is 3.12. The van der Waals surface area contributed by atoms with Gasteiger partial charge in [-0.05, 0) is 17.7 Å². The predicted octanol–water partition coefficient (Wildman–Crippen LogP) is 3.00. The maximum absolute atomic E-state index is 14.1. The number of nitrogens with one attached hydrogen (secondary N) is 2. The van der Waals surface area contributed by atoms with Crippen molar-refractivity contribution in [3.63, 3.8) is 0 Å². The minimum atomic E-state index is -0.987. The van der Waals surface area contributed by atoms with Crippen LogP contribution in [-0.2, 0) is 14.3 Å². The first kappa shape index (κ1) is 22.2. The molecule has 4 N–H and O–H groups in total. The zero-order valence-corrected chi connectivity index (χ0v) is 16.4. The Bertz CT molecular complexity index is 894. The van der Waals surface area contributed by atoms with Crippen LogP contribution in [-0.4, -0.2) is 25.0 Å². The maximum Gasteiger partial charge on any atom is 0.312 e. The van der Waals surface area contributed by atoms with E-state index in [0.717, 1.165) is 0 Å². The van der Waals surface area contributed by atoms with Crippen molar-refractivity contribution in [2.24, 2.45) is 5.73 Å². The molecule has 154 valence electrons. The Morgan fingerprint density at radius 2 is 1.59 bits per heavy atom. The van der Waals surface area contributed by atoms with Crippen molar-refractivity contribution in [1.29, 1.82) is 0 Å². The first-order valence-electron chi connectivity index (χ1n) is 8.72. The van der Waals surface area contributed by atoms with E-state index in [1.165, 1.54) is 25.3 Å². The van der Waals surface area contributed by atoms with Gasteiger partial charge >= 0.3 is 12.0 Å². The third-order valence-electron chi connectivity index (χ3n) is 4.20. The SMILES string of the molecule is COC(=O)C[C@H](NC(=O)C[C@@H](NC(N)=O)c1ccccc1F)c1ccccc1Cl. The molecule has 29 heavy (non-hydrogen) atoms. The number of ether oxygens (including phenoxy) is 1. The Morgan fingerprint density at radius 3 is 2.17 bits per heavy atom. The monoisotopic (exact) mass is 421 g/mol. The molecule has 2 atom stereocenters. The summed E-state index contributed by atoms with van der Waals surface area (Å²) in [5.41, 5.74) is 5.81. The second kappa shape index (κ2) is 10.4. The number of amides is 3. The number of primary amides is 1. The molecule has 2 rings (SSSR count). The van der Waals surface area contributed by atoms with Crippen LogP contribution >= 0.6 is 11.6 Å². The molecule has 0 unspecified atom stereocenters. The lowest BCUT2D eigenvalue weighted by Crippen LogP contribution is -2.38. The summed E-state index contributed by atoms with van der Waals surface area (Å²) in [5.74, 6) is -1.67. The second-order valence-electron chi connectivity index (χ2n) is 6.21. The third-order valence-corrected chi connectivity index (χ3v) is 4.55. The Balaban J connectivity index is 2.22. The quantitative estimate of drug-likeness (QED) is 0.569. The van der Waals surface area contributed by atoms with Crippen LogP contribution in [0.1, 0.15) is 36.1 Å². The number of hydrogen-bond donors (Lipinski definition) is 3. The highest BCUT2D eigenvalue weighted by Crippen LogP contribution is 2.26. The molecule has 0 fully saturated rings. The summed E-state index contributed by atoms with van der Waals surface area (Å²) in [7, 11) is 1.23. The number of urea groups is 1. The van der Waals surface area contributed by atoms with Crippen molar-refractivity contribution >= 4 is 29.5 Å². The summed E-state index contributed by atoms with van der Waals surface area (Å²) in [4.78, 5) is 35.8. The second-order valence-corrected chi connectivity index (χ2v) is 6.62. The number of carbonyl (C=O) groups excluding carboxylic acids is 3. The summed E-state index contributed by atoms with van der Waals surface area (Å²) in [6.07, 6.45) is -0.453. The molecule has 0 aliphatic heterocycles. The van der Waals surface area contributed by atoms with Gasteiger partial charge in [0, 0.05) is 10.6 Å². The Kier molecular flexibility index (Phi) is 7.97. The van der Waals surface area contributed by atoms with Crippen LogP contribution in [0.2, 0.25) is 5.02 Å². The van der Waals surface area contributed by atoms with Gasteiger partial charge in [0.25, 0.3) is 0 Å². The molecule has 9 heteroatoms. The number of nitrogens with two attached hydrogens (primary N) is 1. The van der Waals surface area contributed by atoms with E-state index in [1.54, 1.807) is 30.3 Å². The van der Waals surface area contributed by atoms with E-state index < -0.39 is 35.8 Å². The summed E-state index contributed by atoms with van der Waals surface area (Å²) in [6.45, 7) is 0. The van der Waals surface area contributed by atoms with Gasteiger partial charge in [-0.25, -0.2) is 9.18 Å². The van der Waals surface area contributed by atoms with Crippen LogP contribution in [0.5, 0.6) is 0 Å². The molecule has 0 spiro atoms. The lowest BCUT2D eigenvalue weighted by Gasteiger charge is -2.22. The van der Waals surface area contributed by atoms with Gasteiger partial charge < -0.3 is 21.1 Å². The van der Waals surface area contributed by atoms with Gasteiger partial charge in [-0.2, -0.15) is 0 Å². The largest absolute Gasteiger partial charge is 0.469 e. The molecule has 0 aliphatic carbocycles. The number of halogens is 2.